The Bertz CT molecular complexity index is 672. The molecule has 2 aromatic rings. The molecule has 2 aromatic carbocycles. The molecule has 0 aliphatic rings. The first-order valence-electron chi connectivity index (χ1n) is 6.14. The van der Waals surface area contributed by atoms with Crippen molar-refractivity contribution in [1.82, 2.24) is 0 Å². The van der Waals surface area contributed by atoms with E-state index < -0.39 is 0 Å². The van der Waals surface area contributed by atoms with Crippen LogP contribution in [0.2, 0.25) is 0 Å². The summed E-state index contributed by atoms with van der Waals surface area (Å²) in [6.07, 6.45) is 0.182. The van der Waals surface area contributed by atoms with Crippen LogP contribution in [0.5, 0.6) is 0 Å². The van der Waals surface area contributed by atoms with Crippen molar-refractivity contribution in [3.05, 3.63) is 65.0 Å². The molecule has 4 heteroatoms. The molecule has 1 N–H and O–H groups in total. The fourth-order valence-electron chi connectivity index (χ4n) is 1.82. The van der Waals surface area contributed by atoms with Gasteiger partial charge in [-0.15, -0.1) is 0 Å². The fourth-order valence-corrected chi connectivity index (χ4v) is 1.82. The van der Waals surface area contributed by atoms with Crippen LogP contribution in [0.1, 0.15) is 16.7 Å². The highest BCUT2D eigenvalue weighted by Gasteiger charge is 2.08. The van der Waals surface area contributed by atoms with Gasteiger partial charge in [0, 0.05) is 11.3 Å². The van der Waals surface area contributed by atoms with Gasteiger partial charge in [-0.25, -0.2) is 4.39 Å². The number of nitrogens with one attached hydrogen (secondary N) is 1. The highest BCUT2D eigenvalue weighted by molar-refractivity contribution is 5.92. The minimum atomic E-state index is -0.346. The van der Waals surface area contributed by atoms with Crippen LogP contribution in [0, 0.1) is 24.1 Å². The molecule has 2 rings (SSSR count). The molecule has 0 saturated heterocycles. The first kappa shape index (κ1) is 13.8. The molecule has 0 bridgehead atoms. The lowest BCUT2D eigenvalue weighted by atomic mass is 10.1. The standard InChI is InChI=1S/C16H13FN2O/c1-11-14(17)3-2-4-15(11)19-16(20)9-12-5-7-13(10-18)8-6-12/h2-8H,9H2,1H3,(H,19,20). The number of anilines is 1. The van der Waals surface area contributed by atoms with Gasteiger partial charge >= 0.3 is 0 Å². The normalized spacial score (nSPS) is 9.85. The van der Waals surface area contributed by atoms with Gasteiger partial charge in [0.1, 0.15) is 5.82 Å². The maximum Gasteiger partial charge on any atom is 0.228 e. The third kappa shape index (κ3) is 3.21. The quantitative estimate of drug-likeness (QED) is 0.929. The fraction of sp³-hybridized carbons (Fsp3) is 0.125. The highest BCUT2D eigenvalue weighted by atomic mass is 19.1. The second-order valence-corrected chi connectivity index (χ2v) is 4.45. The van der Waals surface area contributed by atoms with Crippen LogP contribution in [0.4, 0.5) is 10.1 Å². The lowest BCUT2D eigenvalue weighted by Gasteiger charge is -2.09. The van der Waals surface area contributed by atoms with Crippen molar-refractivity contribution < 1.29 is 9.18 Å². The largest absolute Gasteiger partial charge is 0.325 e. The minimum Gasteiger partial charge on any atom is -0.325 e. The van der Waals surface area contributed by atoms with Gasteiger partial charge in [-0.3, -0.25) is 4.79 Å². The van der Waals surface area contributed by atoms with E-state index in [2.05, 4.69) is 5.32 Å². The van der Waals surface area contributed by atoms with Crippen molar-refractivity contribution in [2.75, 3.05) is 5.32 Å². The summed E-state index contributed by atoms with van der Waals surface area (Å²) in [5.74, 6) is -0.565. The molecule has 20 heavy (non-hydrogen) atoms. The van der Waals surface area contributed by atoms with Gasteiger partial charge in [-0.1, -0.05) is 18.2 Å². The highest BCUT2D eigenvalue weighted by Crippen LogP contribution is 2.17. The molecule has 0 atom stereocenters. The SMILES string of the molecule is Cc1c(F)cccc1NC(=O)Cc1ccc(C#N)cc1. The van der Waals surface area contributed by atoms with Crippen molar-refractivity contribution in [3.8, 4) is 6.07 Å². The van der Waals surface area contributed by atoms with E-state index in [0.29, 0.717) is 16.8 Å². The van der Waals surface area contributed by atoms with Crippen molar-refractivity contribution >= 4 is 11.6 Å². The van der Waals surface area contributed by atoms with Gasteiger partial charge in [-0.05, 0) is 36.8 Å². The predicted octanol–water partition coefficient (Wildman–Crippen LogP) is 3.19. The molecular formula is C16H13FN2O. The number of carbonyl (C=O) groups is 1. The Morgan fingerprint density at radius 2 is 1.95 bits per heavy atom. The Morgan fingerprint density at radius 1 is 1.25 bits per heavy atom. The Hall–Kier alpha value is -2.67. The Labute approximate surface area is 116 Å². The molecular weight excluding hydrogens is 255 g/mol. The van der Waals surface area contributed by atoms with Gasteiger partial charge in [0.15, 0.2) is 0 Å². The minimum absolute atomic E-state index is 0.182. The summed E-state index contributed by atoms with van der Waals surface area (Å²) in [6.45, 7) is 1.62. The molecule has 1 amide bonds. The lowest BCUT2D eigenvalue weighted by molar-refractivity contribution is -0.115. The summed E-state index contributed by atoms with van der Waals surface area (Å²) < 4.78 is 13.4. The van der Waals surface area contributed by atoms with E-state index >= 15 is 0 Å². The summed E-state index contributed by atoms with van der Waals surface area (Å²) >= 11 is 0. The smallest absolute Gasteiger partial charge is 0.228 e. The monoisotopic (exact) mass is 268 g/mol. The van der Waals surface area contributed by atoms with Crippen LogP contribution in [0.25, 0.3) is 0 Å². The van der Waals surface area contributed by atoms with Crippen molar-refractivity contribution in [3.63, 3.8) is 0 Å². The molecule has 3 nitrogen and oxygen atoms in total. The molecule has 0 radical (unpaired) electrons. The Morgan fingerprint density at radius 3 is 2.60 bits per heavy atom. The Kier molecular flexibility index (Phi) is 4.11. The summed E-state index contributed by atoms with van der Waals surface area (Å²) in [6, 6.07) is 13.4. The zero-order chi connectivity index (χ0) is 14.5. The van der Waals surface area contributed by atoms with Crippen LogP contribution >= 0.6 is 0 Å². The summed E-state index contributed by atoms with van der Waals surface area (Å²) in [7, 11) is 0. The zero-order valence-electron chi connectivity index (χ0n) is 11.0. The molecule has 0 aromatic heterocycles. The van der Waals surface area contributed by atoms with E-state index in [1.165, 1.54) is 6.07 Å². The lowest BCUT2D eigenvalue weighted by Crippen LogP contribution is -2.15. The molecule has 0 fully saturated rings. The van der Waals surface area contributed by atoms with E-state index in [1.54, 1.807) is 43.3 Å². The average molecular weight is 268 g/mol. The van der Waals surface area contributed by atoms with Gasteiger partial charge in [0.2, 0.25) is 5.91 Å². The van der Waals surface area contributed by atoms with Gasteiger partial charge < -0.3 is 5.32 Å². The number of nitrogens with zero attached hydrogens (tertiary/aromatic N) is 1. The molecule has 0 spiro atoms. The third-order valence-electron chi connectivity index (χ3n) is 2.99. The van der Waals surface area contributed by atoms with E-state index in [0.717, 1.165) is 5.56 Å². The van der Waals surface area contributed by atoms with Gasteiger partial charge in [-0.2, -0.15) is 5.26 Å². The topological polar surface area (TPSA) is 52.9 Å². The number of hydrogen-bond acceptors (Lipinski definition) is 2. The number of benzene rings is 2. The molecule has 0 aliphatic carbocycles. The number of nitriles is 1. The van der Waals surface area contributed by atoms with Gasteiger partial charge in [0.25, 0.3) is 0 Å². The number of halogens is 1. The van der Waals surface area contributed by atoms with Crippen molar-refractivity contribution in [1.29, 1.82) is 5.26 Å². The van der Waals surface area contributed by atoms with Crippen molar-refractivity contribution in [2.24, 2.45) is 0 Å². The second-order valence-electron chi connectivity index (χ2n) is 4.45. The van der Waals surface area contributed by atoms with E-state index in [4.69, 9.17) is 5.26 Å². The summed E-state index contributed by atoms with van der Waals surface area (Å²) in [5, 5.41) is 11.4. The average Bonchev–Trinajstić information content (AvgIpc) is 2.45. The Balaban J connectivity index is 2.05. The number of carbonyl (C=O) groups excluding carboxylic acids is 1. The van der Waals surface area contributed by atoms with Crippen LogP contribution in [0.3, 0.4) is 0 Å². The third-order valence-corrected chi connectivity index (χ3v) is 2.99. The van der Waals surface area contributed by atoms with Crippen LogP contribution in [-0.2, 0) is 11.2 Å². The van der Waals surface area contributed by atoms with E-state index in [9.17, 15) is 9.18 Å². The molecule has 0 saturated carbocycles. The first-order chi connectivity index (χ1) is 9.60. The summed E-state index contributed by atoms with van der Waals surface area (Å²) in [5.41, 5.74) is 2.25. The molecule has 100 valence electrons. The van der Waals surface area contributed by atoms with E-state index in [-0.39, 0.29) is 18.1 Å². The van der Waals surface area contributed by atoms with Crippen molar-refractivity contribution in [2.45, 2.75) is 13.3 Å². The number of hydrogen-bond donors (Lipinski definition) is 1. The molecule has 0 aliphatic heterocycles. The van der Waals surface area contributed by atoms with Gasteiger partial charge in [0.05, 0.1) is 18.1 Å². The molecule has 0 heterocycles. The number of amides is 1. The zero-order valence-corrected chi connectivity index (χ0v) is 11.0. The van der Waals surface area contributed by atoms with E-state index in [1.807, 2.05) is 6.07 Å². The van der Waals surface area contributed by atoms with Crippen LogP contribution in [-0.4, -0.2) is 5.91 Å². The maximum absolute atomic E-state index is 13.4. The van der Waals surface area contributed by atoms with Crippen LogP contribution in [0.15, 0.2) is 42.5 Å². The molecule has 0 unspecified atom stereocenters. The van der Waals surface area contributed by atoms with Crippen LogP contribution < -0.4 is 5.32 Å². The summed E-state index contributed by atoms with van der Waals surface area (Å²) in [4.78, 5) is 11.9. The predicted molar refractivity (Wildman–Crippen MR) is 74.6 cm³/mol. The maximum atomic E-state index is 13.4. The second kappa shape index (κ2) is 5.98. The number of rotatable bonds is 3. The first-order valence-corrected chi connectivity index (χ1v) is 6.14.